The van der Waals surface area contributed by atoms with Gasteiger partial charge in [0.1, 0.15) is 12.3 Å². The van der Waals surface area contributed by atoms with Crippen molar-refractivity contribution in [3.8, 4) is 5.75 Å². The van der Waals surface area contributed by atoms with E-state index in [9.17, 15) is 14.4 Å². The van der Waals surface area contributed by atoms with E-state index in [1.165, 1.54) is 4.90 Å². The van der Waals surface area contributed by atoms with Crippen LogP contribution in [0, 0.1) is 0 Å². The molecule has 1 heterocycles. The highest BCUT2D eigenvalue weighted by atomic mass is 16.5. The van der Waals surface area contributed by atoms with Crippen molar-refractivity contribution >= 4 is 23.5 Å². The summed E-state index contributed by atoms with van der Waals surface area (Å²) in [5.74, 6) is -1.11. The number of para-hydroxylation sites is 2. The third kappa shape index (κ3) is 3.84. The van der Waals surface area contributed by atoms with E-state index < -0.39 is 11.5 Å². The normalized spacial score (nSPS) is 13.9. The molecule has 0 aliphatic carbocycles. The smallest absolute Gasteiger partial charge is 0.305 e. The number of anilines is 1. The molecule has 7 heteroatoms. The summed E-state index contributed by atoms with van der Waals surface area (Å²) in [5.41, 5.74) is -0.265. The number of carboxylic acid groups (broad SMARTS) is 1. The Morgan fingerprint density at radius 3 is 2.58 bits per heavy atom. The minimum Gasteiger partial charge on any atom is -0.482 e. The summed E-state index contributed by atoms with van der Waals surface area (Å²) < 4.78 is 5.34. The van der Waals surface area contributed by atoms with Gasteiger partial charge in [0.2, 0.25) is 5.91 Å². The number of nitrogens with one attached hydrogen (secondary N) is 1. The monoisotopic (exact) mass is 334 g/mol. The van der Waals surface area contributed by atoms with Gasteiger partial charge in [-0.3, -0.25) is 19.3 Å². The molecule has 2 amide bonds. The molecule has 24 heavy (non-hydrogen) atoms. The first-order chi connectivity index (χ1) is 11.4. The summed E-state index contributed by atoms with van der Waals surface area (Å²) in [5, 5.41) is 11.9. The SMILES string of the molecule is CCC(CC)(CC(=O)O)NC(=O)CN1C(=O)COc2ccccc21. The van der Waals surface area contributed by atoms with Gasteiger partial charge in [0.25, 0.3) is 5.91 Å². The zero-order valence-electron chi connectivity index (χ0n) is 13.9. The molecule has 0 unspecified atom stereocenters. The molecule has 0 atom stereocenters. The van der Waals surface area contributed by atoms with Gasteiger partial charge in [0, 0.05) is 0 Å². The van der Waals surface area contributed by atoms with Crippen LogP contribution in [0.4, 0.5) is 5.69 Å². The Morgan fingerprint density at radius 1 is 1.29 bits per heavy atom. The Morgan fingerprint density at radius 2 is 1.96 bits per heavy atom. The number of carbonyl (C=O) groups is 3. The van der Waals surface area contributed by atoms with Crippen LogP contribution in [-0.2, 0) is 14.4 Å². The lowest BCUT2D eigenvalue weighted by molar-refractivity contribution is -0.139. The minimum atomic E-state index is -0.966. The molecule has 0 spiro atoms. The van der Waals surface area contributed by atoms with Crippen LogP contribution in [0.1, 0.15) is 33.1 Å². The molecule has 0 saturated heterocycles. The van der Waals surface area contributed by atoms with E-state index in [0.29, 0.717) is 24.3 Å². The van der Waals surface area contributed by atoms with Crippen molar-refractivity contribution in [2.75, 3.05) is 18.1 Å². The number of fused-ring (bicyclic) bond motifs is 1. The Bertz CT molecular complexity index is 640. The fourth-order valence-corrected chi connectivity index (χ4v) is 2.82. The Labute approximate surface area is 140 Å². The number of carboxylic acids is 1. The van der Waals surface area contributed by atoms with Gasteiger partial charge in [-0.1, -0.05) is 26.0 Å². The number of nitrogens with zero attached hydrogens (tertiary/aromatic N) is 1. The second kappa shape index (κ2) is 7.33. The van der Waals surface area contributed by atoms with Crippen LogP contribution in [0.3, 0.4) is 0 Å². The van der Waals surface area contributed by atoms with Gasteiger partial charge in [-0.05, 0) is 25.0 Å². The van der Waals surface area contributed by atoms with Crippen molar-refractivity contribution in [1.82, 2.24) is 5.32 Å². The van der Waals surface area contributed by atoms with E-state index in [4.69, 9.17) is 9.84 Å². The molecule has 0 saturated carbocycles. The number of aliphatic carboxylic acids is 1. The molecule has 1 aromatic carbocycles. The van der Waals surface area contributed by atoms with E-state index in [1.54, 1.807) is 24.3 Å². The third-order valence-electron chi connectivity index (χ3n) is 4.36. The highest BCUT2D eigenvalue weighted by molar-refractivity contribution is 6.02. The van der Waals surface area contributed by atoms with Crippen LogP contribution in [0.25, 0.3) is 0 Å². The lowest BCUT2D eigenvalue weighted by Gasteiger charge is -2.34. The summed E-state index contributed by atoms with van der Waals surface area (Å²) in [4.78, 5) is 37.0. The molecule has 130 valence electrons. The maximum Gasteiger partial charge on any atom is 0.305 e. The highest BCUT2D eigenvalue weighted by Crippen LogP contribution is 2.31. The standard InChI is InChI=1S/C17H22N2O5/c1-3-17(4-2,9-16(22)23)18-14(20)10-19-12-7-5-6-8-13(12)24-11-15(19)21/h5-8H,3-4,9-11H2,1-2H3,(H,18,20)(H,22,23). The van der Waals surface area contributed by atoms with E-state index in [1.807, 2.05) is 13.8 Å². The van der Waals surface area contributed by atoms with E-state index in [-0.39, 0.29) is 31.4 Å². The quantitative estimate of drug-likeness (QED) is 0.789. The van der Waals surface area contributed by atoms with Gasteiger partial charge in [0.15, 0.2) is 6.61 Å². The largest absolute Gasteiger partial charge is 0.482 e. The topological polar surface area (TPSA) is 95.9 Å². The molecule has 0 aromatic heterocycles. The first-order valence-electron chi connectivity index (χ1n) is 7.96. The average molecular weight is 334 g/mol. The van der Waals surface area contributed by atoms with Crippen LogP contribution < -0.4 is 15.0 Å². The van der Waals surface area contributed by atoms with Crippen LogP contribution in [0.5, 0.6) is 5.75 Å². The number of carbonyl (C=O) groups excluding carboxylic acids is 2. The van der Waals surface area contributed by atoms with Crippen molar-refractivity contribution in [1.29, 1.82) is 0 Å². The predicted octanol–water partition coefficient (Wildman–Crippen LogP) is 1.56. The summed E-state index contributed by atoms with van der Waals surface area (Å²) >= 11 is 0. The van der Waals surface area contributed by atoms with Gasteiger partial charge in [-0.15, -0.1) is 0 Å². The number of benzene rings is 1. The molecule has 1 aliphatic heterocycles. The molecule has 0 bridgehead atoms. The summed E-state index contributed by atoms with van der Waals surface area (Å²) in [6.45, 7) is 3.39. The van der Waals surface area contributed by atoms with Crippen molar-refractivity contribution < 1.29 is 24.2 Å². The van der Waals surface area contributed by atoms with Gasteiger partial charge in [-0.2, -0.15) is 0 Å². The molecule has 1 aromatic rings. The lowest BCUT2D eigenvalue weighted by atomic mass is 9.89. The van der Waals surface area contributed by atoms with Crippen LogP contribution >= 0.6 is 0 Å². The predicted molar refractivity (Wildman–Crippen MR) is 88.0 cm³/mol. The van der Waals surface area contributed by atoms with E-state index >= 15 is 0 Å². The Kier molecular flexibility index (Phi) is 5.43. The fourth-order valence-electron chi connectivity index (χ4n) is 2.82. The Balaban J connectivity index is 2.14. The van der Waals surface area contributed by atoms with E-state index in [2.05, 4.69) is 5.32 Å². The number of rotatable bonds is 7. The second-order valence-electron chi connectivity index (χ2n) is 5.84. The van der Waals surface area contributed by atoms with Crippen molar-refractivity contribution in [3.05, 3.63) is 24.3 Å². The van der Waals surface area contributed by atoms with Crippen molar-refractivity contribution in [3.63, 3.8) is 0 Å². The van der Waals surface area contributed by atoms with Crippen LogP contribution in [0.15, 0.2) is 24.3 Å². The molecular formula is C17H22N2O5. The van der Waals surface area contributed by atoms with Gasteiger partial charge in [-0.25, -0.2) is 0 Å². The summed E-state index contributed by atoms with van der Waals surface area (Å²) in [7, 11) is 0. The van der Waals surface area contributed by atoms with Crippen LogP contribution in [0.2, 0.25) is 0 Å². The van der Waals surface area contributed by atoms with Gasteiger partial charge < -0.3 is 15.2 Å². The molecule has 0 radical (unpaired) electrons. The Hall–Kier alpha value is -2.57. The first-order valence-corrected chi connectivity index (χ1v) is 7.96. The van der Waals surface area contributed by atoms with E-state index in [0.717, 1.165) is 0 Å². The number of amides is 2. The molecule has 2 N–H and O–H groups in total. The first kappa shape index (κ1) is 17.8. The number of ether oxygens (including phenoxy) is 1. The third-order valence-corrected chi connectivity index (χ3v) is 4.36. The molecular weight excluding hydrogens is 312 g/mol. The average Bonchev–Trinajstić information content (AvgIpc) is 2.56. The lowest BCUT2D eigenvalue weighted by Crippen LogP contribution is -2.53. The zero-order valence-corrected chi connectivity index (χ0v) is 13.9. The maximum atomic E-state index is 12.4. The molecule has 1 aliphatic rings. The second-order valence-corrected chi connectivity index (χ2v) is 5.84. The molecule has 0 fully saturated rings. The van der Waals surface area contributed by atoms with Gasteiger partial charge in [0.05, 0.1) is 17.6 Å². The highest BCUT2D eigenvalue weighted by Gasteiger charge is 2.33. The van der Waals surface area contributed by atoms with Crippen molar-refractivity contribution in [2.45, 2.75) is 38.6 Å². The molecule has 2 rings (SSSR count). The summed E-state index contributed by atoms with van der Waals surface area (Å²) in [6.07, 6.45) is 0.837. The number of hydrogen-bond donors (Lipinski definition) is 2. The number of hydrogen-bond acceptors (Lipinski definition) is 4. The maximum absolute atomic E-state index is 12.4. The zero-order chi connectivity index (χ0) is 17.7. The van der Waals surface area contributed by atoms with Crippen LogP contribution in [-0.4, -0.2) is 41.6 Å². The van der Waals surface area contributed by atoms with Gasteiger partial charge >= 0.3 is 5.97 Å². The fraction of sp³-hybridized carbons (Fsp3) is 0.471. The minimum absolute atomic E-state index is 0.119. The van der Waals surface area contributed by atoms with Crippen molar-refractivity contribution in [2.24, 2.45) is 0 Å². The molecule has 7 nitrogen and oxygen atoms in total. The summed E-state index contributed by atoms with van der Waals surface area (Å²) in [6, 6.07) is 7.00.